The quantitative estimate of drug-likeness (QED) is 0.725. The van der Waals surface area contributed by atoms with Crippen LogP contribution >= 0.6 is 11.3 Å². The molecule has 0 amide bonds. The summed E-state index contributed by atoms with van der Waals surface area (Å²) in [7, 11) is 1.62. The molecule has 1 aromatic heterocycles. The van der Waals surface area contributed by atoms with Gasteiger partial charge in [-0.15, -0.1) is 11.3 Å². The molecule has 0 saturated heterocycles. The average molecular weight is 274 g/mol. The van der Waals surface area contributed by atoms with Crippen LogP contribution in [0.5, 0.6) is 5.75 Å². The Bertz CT molecular complexity index is 754. The topological polar surface area (TPSA) is 48.1 Å². The monoisotopic (exact) mass is 274 g/mol. The van der Waals surface area contributed by atoms with Gasteiger partial charge in [-0.1, -0.05) is 0 Å². The number of hydrogen-bond acceptors (Lipinski definition) is 4. The molecule has 0 bridgehead atoms. The fourth-order valence-electron chi connectivity index (χ4n) is 1.86. The molecule has 0 saturated carbocycles. The Morgan fingerprint density at radius 2 is 2.05 bits per heavy atom. The summed E-state index contributed by atoms with van der Waals surface area (Å²) in [5.41, 5.74) is 7.87. The van der Waals surface area contributed by atoms with Gasteiger partial charge in [0.05, 0.1) is 17.3 Å². The Labute approximate surface area is 113 Å². The first kappa shape index (κ1) is 11.9. The number of thiazole rings is 1. The second-order valence-electron chi connectivity index (χ2n) is 4.08. The van der Waals surface area contributed by atoms with E-state index in [-0.39, 0.29) is 5.82 Å². The van der Waals surface area contributed by atoms with Crippen molar-refractivity contribution < 1.29 is 9.13 Å². The maximum absolute atomic E-state index is 13.3. The third-order valence-electron chi connectivity index (χ3n) is 2.84. The number of nitrogens with two attached hydrogens (primary N) is 1. The van der Waals surface area contributed by atoms with Crippen LogP contribution < -0.4 is 10.5 Å². The number of methoxy groups -OCH3 is 1. The summed E-state index contributed by atoms with van der Waals surface area (Å²) in [4.78, 5) is 4.48. The molecule has 96 valence electrons. The molecule has 1 heterocycles. The van der Waals surface area contributed by atoms with Crippen molar-refractivity contribution in [3.63, 3.8) is 0 Å². The Morgan fingerprint density at radius 1 is 1.21 bits per heavy atom. The van der Waals surface area contributed by atoms with Crippen molar-refractivity contribution in [2.45, 2.75) is 0 Å². The van der Waals surface area contributed by atoms with Gasteiger partial charge >= 0.3 is 0 Å². The molecule has 2 N–H and O–H groups in total. The third-order valence-corrected chi connectivity index (χ3v) is 3.89. The van der Waals surface area contributed by atoms with Crippen LogP contribution in [0.1, 0.15) is 0 Å². The van der Waals surface area contributed by atoms with Crippen molar-refractivity contribution in [1.82, 2.24) is 4.98 Å². The zero-order chi connectivity index (χ0) is 13.4. The van der Waals surface area contributed by atoms with E-state index in [0.717, 1.165) is 16.0 Å². The van der Waals surface area contributed by atoms with Gasteiger partial charge in [0, 0.05) is 11.3 Å². The Hall–Kier alpha value is -2.14. The van der Waals surface area contributed by atoms with Crippen LogP contribution in [-0.4, -0.2) is 12.1 Å². The molecule has 2 aromatic carbocycles. The van der Waals surface area contributed by atoms with Gasteiger partial charge in [-0.05, 0) is 36.4 Å². The molecule has 5 heteroatoms. The summed E-state index contributed by atoms with van der Waals surface area (Å²) in [6.45, 7) is 0. The number of nitrogen functional groups attached to an aromatic ring is 1. The zero-order valence-electron chi connectivity index (χ0n) is 10.2. The average Bonchev–Trinajstić information content (AvgIpc) is 2.83. The standard InChI is InChI=1S/C14H11FN2OS/c1-18-9-3-5-12-13(7-9)19-14(17-12)10-6-8(15)2-4-11(10)16/h2-7H,16H2,1H3. The van der Waals surface area contributed by atoms with E-state index in [1.165, 1.54) is 23.5 Å². The second-order valence-corrected chi connectivity index (χ2v) is 5.11. The Kier molecular flexibility index (Phi) is 2.83. The van der Waals surface area contributed by atoms with Gasteiger partial charge in [-0.2, -0.15) is 0 Å². The number of ether oxygens (including phenoxy) is 1. The summed E-state index contributed by atoms with van der Waals surface area (Å²) in [6, 6.07) is 9.94. The highest BCUT2D eigenvalue weighted by atomic mass is 32.1. The largest absolute Gasteiger partial charge is 0.497 e. The highest BCUT2D eigenvalue weighted by Crippen LogP contribution is 2.35. The van der Waals surface area contributed by atoms with Gasteiger partial charge in [-0.25, -0.2) is 9.37 Å². The van der Waals surface area contributed by atoms with Crippen LogP contribution in [-0.2, 0) is 0 Å². The van der Waals surface area contributed by atoms with Crippen molar-refractivity contribution in [2.24, 2.45) is 0 Å². The minimum Gasteiger partial charge on any atom is -0.497 e. The minimum absolute atomic E-state index is 0.318. The molecule has 3 rings (SSSR count). The molecular formula is C14H11FN2OS. The van der Waals surface area contributed by atoms with E-state index < -0.39 is 0 Å². The summed E-state index contributed by atoms with van der Waals surface area (Å²) >= 11 is 1.46. The number of benzene rings is 2. The van der Waals surface area contributed by atoms with Crippen LogP contribution in [0.2, 0.25) is 0 Å². The number of nitrogens with zero attached hydrogens (tertiary/aromatic N) is 1. The van der Waals surface area contributed by atoms with Gasteiger partial charge in [0.15, 0.2) is 0 Å². The van der Waals surface area contributed by atoms with Gasteiger partial charge in [0.25, 0.3) is 0 Å². The third kappa shape index (κ3) is 2.13. The van der Waals surface area contributed by atoms with E-state index in [1.807, 2.05) is 18.2 Å². The van der Waals surface area contributed by atoms with Crippen molar-refractivity contribution >= 4 is 27.2 Å². The van der Waals surface area contributed by atoms with Crippen LogP contribution in [0, 0.1) is 5.82 Å². The zero-order valence-corrected chi connectivity index (χ0v) is 11.0. The van der Waals surface area contributed by atoms with Crippen molar-refractivity contribution in [1.29, 1.82) is 0 Å². The molecule has 0 atom stereocenters. The van der Waals surface area contributed by atoms with E-state index in [4.69, 9.17) is 10.5 Å². The smallest absolute Gasteiger partial charge is 0.126 e. The lowest BCUT2D eigenvalue weighted by Crippen LogP contribution is -1.90. The lowest BCUT2D eigenvalue weighted by Gasteiger charge is -2.01. The molecule has 0 unspecified atom stereocenters. The number of fused-ring (bicyclic) bond motifs is 1. The van der Waals surface area contributed by atoms with Crippen LogP contribution in [0.15, 0.2) is 36.4 Å². The summed E-state index contributed by atoms with van der Waals surface area (Å²) < 4.78 is 19.5. The maximum atomic E-state index is 13.3. The lowest BCUT2D eigenvalue weighted by atomic mass is 10.2. The molecule has 0 radical (unpaired) electrons. The number of anilines is 1. The van der Waals surface area contributed by atoms with E-state index in [9.17, 15) is 4.39 Å². The molecule has 0 aliphatic heterocycles. The lowest BCUT2D eigenvalue weighted by molar-refractivity contribution is 0.415. The minimum atomic E-state index is -0.318. The van der Waals surface area contributed by atoms with Crippen molar-refractivity contribution in [3.8, 4) is 16.3 Å². The van der Waals surface area contributed by atoms with Crippen LogP contribution in [0.4, 0.5) is 10.1 Å². The van der Waals surface area contributed by atoms with Gasteiger partial charge in [-0.3, -0.25) is 0 Å². The fourth-order valence-corrected chi connectivity index (χ4v) is 2.89. The Balaban J connectivity index is 2.17. The second kappa shape index (κ2) is 4.51. The molecular weight excluding hydrogens is 263 g/mol. The Morgan fingerprint density at radius 3 is 2.84 bits per heavy atom. The first-order valence-electron chi connectivity index (χ1n) is 5.67. The van der Waals surface area contributed by atoms with Gasteiger partial charge in [0.1, 0.15) is 16.6 Å². The summed E-state index contributed by atoms with van der Waals surface area (Å²) in [6.07, 6.45) is 0. The highest BCUT2D eigenvalue weighted by Gasteiger charge is 2.10. The van der Waals surface area contributed by atoms with E-state index in [0.29, 0.717) is 16.3 Å². The fraction of sp³-hybridized carbons (Fsp3) is 0.0714. The van der Waals surface area contributed by atoms with Gasteiger partial charge in [0.2, 0.25) is 0 Å². The number of halogens is 1. The molecule has 0 spiro atoms. The number of hydrogen-bond donors (Lipinski definition) is 1. The first-order valence-corrected chi connectivity index (χ1v) is 6.49. The van der Waals surface area contributed by atoms with Gasteiger partial charge < -0.3 is 10.5 Å². The first-order chi connectivity index (χ1) is 9.17. The number of rotatable bonds is 2. The predicted octanol–water partition coefficient (Wildman–Crippen LogP) is 3.69. The predicted molar refractivity (Wildman–Crippen MR) is 76.0 cm³/mol. The summed E-state index contributed by atoms with van der Waals surface area (Å²) in [5, 5.41) is 0.709. The molecule has 0 aliphatic carbocycles. The van der Waals surface area contributed by atoms with Crippen molar-refractivity contribution in [3.05, 3.63) is 42.2 Å². The normalized spacial score (nSPS) is 10.8. The van der Waals surface area contributed by atoms with Crippen LogP contribution in [0.25, 0.3) is 20.8 Å². The summed E-state index contributed by atoms with van der Waals surface area (Å²) in [5.74, 6) is 0.455. The highest BCUT2D eigenvalue weighted by molar-refractivity contribution is 7.21. The number of aromatic nitrogens is 1. The molecule has 3 nitrogen and oxygen atoms in total. The SMILES string of the molecule is COc1ccc2nc(-c3cc(F)ccc3N)sc2c1. The van der Waals surface area contributed by atoms with E-state index >= 15 is 0 Å². The molecule has 0 fully saturated rings. The maximum Gasteiger partial charge on any atom is 0.126 e. The molecule has 3 aromatic rings. The molecule has 0 aliphatic rings. The van der Waals surface area contributed by atoms with Crippen LogP contribution in [0.3, 0.4) is 0 Å². The van der Waals surface area contributed by atoms with Crippen molar-refractivity contribution in [2.75, 3.05) is 12.8 Å². The molecule has 19 heavy (non-hydrogen) atoms. The van der Waals surface area contributed by atoms with E-state index in [2.05, 4.69) is 4.98 Å². The van der Waals surface area contributed by atoms with E-state index in [1.54, 1.807) is 13.2 Å².